The van der Waals surface area contributed by atoms with Crippen LogP contribution in [-0.2, 0) is 0 Å². The lowest BCUT2D eigenvalue weighted by Crippen LogP contribution is -1.75. The van der Waals surface area contributed by atoms with Gasteiger partial charge in [-0.25, -0.2) is 0 Å². The highest BCUT2D eigenvalue weighted by molar-refractivity contribution is 6.15. The van der Waals surface area contributed by atoms with Crippen LogP contribution in [0.1, 0.15) is 0 Å². The lowest BCUT2D eigenvalue weighted by molar-refractivity contribution is 0.448. The molecule has 92 valence electrons. The van der Waals surface area contributed by atoms with Gasteiger partial charge in [0.25, 0.3) is 0 Å². The molecule has 4 rings (SSSR count). The Morgan fingerprint density at radius 3 is 1.47 bits per heavy atom. The quantitative estimate of drug-likeness (QED) is 0.470. The molecule has 2 nitrogen and oxygen atoms in total. The maximum Gasteiger partial charge on any atom is 0.432 e. The topological polar surface area (TPSA) is 40.5 Å². The maximum absolute atomic E-state index is 7.12. The fraction of sp³-hybridized carbons (Fsp3) is 0. The van der Waals surface area contributed by atoms with Crippen LogP contribution >= 0.6 is 0 Å². The molecule has 2 N–H and O–H groups in total. The van der Waals surface area contributed by atoms with Crippen molar-refractivity contribution in [1.82, 2.24) is 0 Å². The zero-order valence-electron chi connectivity index (χ0n) is 10.4. The molecule has 0 unspecified atom stereocenters. The highest BCUT2D eigenvalue weighted by atomic mass is 16.4. The fourth-order valence-electron chi connectivity index (χ4n) is 2.74. The lowest BCUT2D eigenvalue weighted by Gasteiger charge is -2.00. The van der Waals surface area contributed by atoms with Gasteiger partial charge in [-0.05, 0) is 33.0 Å². The summed E-state index contributed by atoms with van der Waals surface area (Å²) in [6.07, 6.45) is 0. The highest BCUT2D eigenvalue weighted by Gasteiger charge is 2.19. The van der Waals surface area contributed by atoms with Crippen molar-refractivity contribution in [3.8, 4) is 22.3 Å². The van der Waals surface area contributed by atoms with Gasteiger partial charge in [-0.1, -0.05) is 60.7 Å². The second-order valence-electron chi connectivity index (χ2n) is 4.40. The van der Waals surface area contributed by atoms with Crippen molar-refractivity contribution >= 4 is 18.5 Å². The van der Waals surface area contributed by atoms with Gasteiger partial charge >= 0.3 is 7.69 Å². The van der Waals surface area contributed by atoms with Gasteiger partial charge < -0.3 is 10.0 Å². The number of hydrogen-bond acceptors (Lipinski definition) is 2. The smallest absolute Gasteiger partial charge is 0.430 e. The molecule has 0 saturated heterocycles. The summed E-state index contributed by atoms with van der Waals surface area (Å²) in [5, 5.41) is 17.0. The van der Waals surface area contributed by atoms with Crippen LogP contribution in [0, 0.1) is 0 Å². The van der Waals surface area contributed by atoms with Crippen LogP contribution in [0.4, 0.5) is 0 Å². The Bertz CT molecular complexity index is 680. The largest absolute Gasteiger partial charge is 0.432 e. The van der Waals surface area contributed by atoms with Crippen molar-refractivity contribution in [2.75, 3.05) is 0 Å². The Labute approximate surface area is 112 Å². The molecule has 0 saturated carbocycles. The van der Waals surface area contributed by atoms with E-state index in [-0.39, 0.29) is 0 Å². The van der Waals surface area contributed by atoms with Crippen LogP contribution in [0.2, 0.25) is 0 Å². The second-order valence-corrected chi connectivity index (χ2v) is 4.40. The Hall–Kier alpha value is -2.10. The zero-order valence-corrected chi connectivity index (χ0v) is 10.4. The van der Waals surface area contributed by atoms with Crippen LogP contribution in [0.25, 0.3) is 33.0 Å². The van der Waals surface area contributed by atoms with E-state index in [9.17, 15) is 0 Å². The molecule has 0 aliphatic heterocycles. The normalized spacial score (nSPS) is 10.6. The Balaban J connectivity index is 0.000000339. The van der Waals surface area contributed by atoms with E-state index < -0.39 is 7.69 Å². The number of rotatable bonds is 0. The molecule has 0 amide bonds. The van der Waals surface area contributed by atoms with Crippen molar-refractivity contribution in [2.24, 2.45) is 0 Å². The third-order valence-electron chi connectivity index (χ3n) is 3.41. The van der Waals surface area contributed by atoms with Crippen LogP contribution in [-0.4, -0.2) is 17.7 Å². The Morgan fingerprint density at radius 1 is 0.579 bits per heavy atom. The minimum Gasteiger partial charge on any atom is -0.430 e. The highest BCUT2D eigenvalue weighted by Crippen LogP contribution is 2.46. The summed E-state index contributed by atoms with van der Waals surface area (Å²) in [6, 6.07) is 21.8. The van der Waals surface area contributed by atoms with Crippen molar-refractivity contribution < 1.29 is 10.0 Å². The van der Waals surface area contributed by atoms with E-state index in [1.807, 2.05) is 0 Å². The SMILES string of the molecule is OBO.c1ccc2c(c1)-c1cccc3cccc-2c13. The van der Waals surface area contributed by atoms with E-state index in [2.05, 4.69) is 60.7 Å². The summed E-state index contributed by atoms with van der Waals surface area (Å²) in [4.78, 5) is 0. The average molecular weight is 248 g/mol. The molecule has 0 atom stereocenters. The minimum absolute atomic E-state index is 0.750. The van der Waals surface area contributed by atoms with Crippen LogP contribution in [0.3, 0.4) is 0 Å². The number of hydrogen-bond donors (Lipinski definition) is 2. The first kappa shape index (κ1) is 12.0. The molecule has 19 heavy (non-hydrogen) atoms. The maximum atomic E-state index is 7.12. The van der Waals surface area contributed by atoms with Gasteiger partial charge in [0.1, 0.15) is 0 Å². The van der Waals surface area contributed by atoms with Gasteiger partial charge in [0.15, 0.2) is 0 Å². The summed E-state index contributed by atoms with van der Waals surface area (Å²) in [7, 11) is -0.750. The van der Waals surface area contributed by atoms with Gasteiger partial charge in [0, 0.05) is 0 Å². The summed E-state index contributed by atoms with van der Waals surface area (Å²) in [5.74, 6) is 0. The first-order chi connectivity index (χ1) is 9.36. The Kier molecular flexibility index (Phi) is 3.07. The zero-order chi connectivity index (χ0) is 13.2. The summed E-state index contributed by atoms with van der Waals surface area (Å²) >= 11 is 0. The molecule has 0 bridgehead atoms. The van der Waals surface area contributed by atoms with Crippen LogP contribution in [0.15, 0.2) is 60.7 Å². The first-order valence-corrected chi connectivity index (χ1v) is 6.20. The van der Waals surface area contributed by atoms with Crippen molar-refractivity contribution in [3.63, 3.8) is 0 Å². The third kappa shape index (κ3) is 1.84. The molecular formula is C16H13BO2. The van der Waals surface area contributed by atoms with Crippen molar-refractivity contribution in [2.45, 2.75) is 0 Å². The fourth-order valence-corrected chi connectivity index (χ4v) is 2.74. The number of fused-ring (bicyclic) bond motifs is 3. The predicted octanol–water partition coefficient (Wildman–Crippen LogP) is 2.72. The van der Waals surface area contributed by atoms with E-state index >= 15 is 0 Å². The van der Waals surface area contributed by atoms with Crippen LogP contribution < -0.4 is 0 Å². The first-order valence-electron chi connectivity index (χ1n) is 6.20. The molecule has 3 aromatic carbocycles. The van der Waals surface area contributed by atoms with Crippen molar-refractivity contribution in [3.05, 3.63) is 60.7 Å². The molecule has 0 heterocycles. The Morgan fingerprint density at radius 2 is 1.00 bits per heavy atom. The predicted molar refractivity (Wildman–Crippen MR) is 80.0 cm³/mol. The second kappa shape index (κ2) is 4.88. The van der Waals surface area contributed by atoms with E-state index in [0.717, 1.165) is 0 Å². The van der Waals surface area contributed by atoms with Gasteiger partial charge in [0.2, 0.25) is 0 Å². The summed E-state index contributed by atoms with van der Waals surface area (Å²) in [5.41, 5.74) is 5.50. The van der Waals surface area contributed by atoms with Gasteiger partial charge in [-0.3, -0.25) is 0 Å². The van der Waals surface area contributed by atoms with E-state index in [0.29, 0.717) is 0 Å². The molecule has 3 aromatic rings. The minimum atomic E-state index is -0.750. The number of benzene rings is 3. The third-order valence-corrected chi connectivity index (χ3v) is 3.41. The lowest BCUT2D eigenvalue weighted by atomic mass is 10.0. The monoisotopic (exact) mass is 248 g/mol. The average Bonchev–Trinajstić information content (AvgIpc) is 2.78. The molecule has 0 aromatic heterocycles. The molecule has 0 radical (unpaired) electrons. The molecule has 1 aliphatic rings. The molecule has 0 fully saturated rings. The standard InChI is InChI=1S/C16H10.BH3O2/c1-2-8-13-12(7-1)14-9-3-5-11-6-4-10-15(13)16(11)14;2-1-3/h1-10H;1-3H. The van der Waals surface area contributed by atoms with Gasteiger partial charge in [-0.2, -0.15) is 0 Å². The van der Waals surface area contributed by atoms with Gasteiger partial charge in [-0.15, -0.1) is 0 Å². The summed E-state index contributed by atoms with van der Waals surface area (Å²) in [6.45, 7) is 0. The molecular weight excluding hydrogens is 235 g/mol. The van der Waals surface area contributed by atoms with E-state index in [1.165, 1.54) is 33.0 Å². The van der Waals surface area contributed by atoms with Crippen LogP contribution in [0.5, 0.6) is 0 Å². The molecule has 3 heteroatoms. The van der Waals surface area contributed by atoms with E-state index in [4.69, 9.17) is 10.0 Å². The van der Waals surface area contributed by atoms with Crippen molar-refractivity contribution in [1.29, 1.82) is 0 Å². The molecule has 0 spiro atoms. The summed E-state index contributed by atoms with van der Waals surface area (Å²) < 4.78 is 0. The van der Waals surface area contributed by atoms with Gasteiger partial charge in [0.05, 0.1) is 0 Å². The van der Waals surface area contributed by atoms with E-state index in [1.54, 1.807) is 0 Å². The molecule has 1 aliphatic carbocycles.